The normalized spacial score (nSPS) is 12.3. The molecular formula is C16H15BrF3NO. The van der Waals surface area contributed by atoms with E-state index in [1.165, 1.54) is 0 Å². The summed E-state index contributed by atoms with van der Waals surface area (Å²) in [5, 5.41) is 3.14. The largest absolute Gasteiger partial charge is 0.496 e. The van der Waals surface area contributed by atoms with Crippen LogP contribution < -0.4 is 10.1 Å². The van der Waals surface area contributed by atoms with Crippen LogP contribution in [-0.4, -0.2) is 7.11 Å². The molecule has 6 heteroatoms. The van der Waals surface area contributed by atoms with Crippen LogP contribution in [0.3, 0.4) is 0 Å². The Morgan fingerprint density at radius 2 is 1.77 bits per heavy atom. The molecule has 2 nitrogen and oxygen atoms in total. The van der Waals surface area contributed by atoms with Crippen molar-refractivity contribution in [3.05, 3.63) is 63.4 Å². The van der Waals surface area contributed by atoms with Gasteiger partial charge in [0.2, 0.25) is 0 Å². The lowest BCUT2D eigenvalue weighted by atomic mass is 10.1. The van der Waals surface area contributed by atoms with E-state index in [0.29, 0.717) is 5.56 Å². The van der Waals surface area contributed by atoms with E-state index in [2.05, 4.69) is 21.2 Å². The third-order valence-electron chi connectivity index (χ3n) is 3.33. The minimum Gasteiger partial charge on any atom is -0.496 e. The zero-order valence-corrected chi connectivity index (χ0v) is 13.7. The maximum Gasteiger partial charge on any atom is 0.194 e. The molecule has 0 saturated carbocycles. The van der Waals surface area contributed by atoms with Crippen LogP contribution in [0.2, 0.25) is 0 Å². The second-order valence-electron chi connectivity index (χ2n) is 4.87. The molecule has 2 aromatic carbocycles. The minimum atomic E-state index is -1.45. The first-order chi connectivity index (χ1) is 10.4. The van der Waals surface area contributed by atoms with Crippen molar-refractivity contribution >= 4 is 15.9 Å². The lowest BCUT2D eigenvalue weighted by molar-refractivity contribution is 0.411. The summed E-state index contributed by atoms with van der Waals surface area (Å²) in [6, 6.07) is 7.55. The van der Waals surface area contributed by atoms with Crippen LogP contribution in [0.25, 0.3) is 0 Å². The average molecular weight is 374 g/mol. The van der Waals surface area contributed by atoms with Gasteiger partial charge in [-0.1, -0.05) is 6.07 Å². The summed E-state index contributed by atoms with van der Waals surface area (Å²) in [7, 11) is 1.58. The van der Waals surface area contributed by atoms with Gasteiger partial charge in [-0.25, -0.2) is 13.2 Å². The van der Waals surface area contributed by atoms with Gasteiger partial charge in [0.25, 0.3) is 0 Å². The second kappa shape index (κ2) is 7.15. The van der Waals surface area contributed by atoms with Gasteiger partial charge in [-0.05, 0) is 58.2 Å². The number of ether oxygens (including phenoxy) is 1. The fourth-order valence-corrected chi connectivity index (χ4v) is 2.61. The summed E-state index contributed by atoms with van der Waals surface area (Å²) < 4.78 is 45.2. The lowest BCUT2D eigenvalue weighted by Gasteiger charge is -2.16. The second-order valence-corrected chi connectivity index (χ2v) is 5.72. The van der Waals surface area contributed by atoms with Crippen molar-refractivity contribution in [3.8, 4) is 5.75 Å². The number of nitrogens with one attached hydrogen (secondary N) is 1. The van der Waals surface area contributed by atoms with E-state index in [1.54, 1.807) is 7.11 Å². The highest BCUT2D eigenvalue weighted by Gasteiger charge is 2.12. The van der Waals surface area contributed by atoms with Crippen LogP contribution >= 0.6 is 15.9 Å². The van der Waals surface area contributed by atoms with Gasteiger partial charge in [0.1, 0.15) is 5.75 Å². The molecule has 2 aromatic rings. The predicted molar refractivity (Wildman–Crippen MR) is 82.3 cm³/mol. The Morgan fingerprint density at radius 1 is 1.14 bits per heavy atom. The molecule has 0 aliphatic heterocycles. The zero-order chi connectivity index (χ0) is 16.3. The summed E-state index contributed by atoms with van der Waals surface area (Å²) in [4.78, 5) is 0. The molecule has 118 valence electrons. The van der Waals surface area contributed by atoms with Crippen LogP contribution in [0.5, 0.6) is 5.75 Å². The number of halogens is 4. The molecule has 0 spiro atoms. The van der Waals surface area contributed by atoms with E-state index in [-0.39, 0.29) is 12.6 Å². The first kappa shape index (κ1) is 16.8. The van der Waals surface area contributed by atoms with Gasteiger partial charge in [0.15, 0.2) is 17.5 Å². The van der Waals surface area contributed by atoms with Crippen LogP contribution in [0, 0.1) is 17.5 Å². The Bertz CT molecular complexity index is 655. The van der Waals surface area contributed by atoms with Crippen molar-refractivity contribution in [1.82, 2.24) is 5.32 Å². The molecule has 0 bridgehead atoms. The fourth-order valence-electron chi connectivity index (χ4n) is 2.05. The van der Waals surface area contributed by atoms with Gasteiger partial charge in [-0.3, -0.25) is 0 Å². The van der Waals surface area contributed by atoms with E-state index in [1.807, 2.05) is 25.1 Å². The number of methoxy groups -OCH3 is 1. The van der Waals surface area contributed by atoms with Crippen molar-refractivity contribution in [2.75, 3.05) is 7.11 Å². The van der Waals surface area contributed by atoms with E-state index < -0.39 is 17.5 Å². The maximum absolute atomic E-state index is 13.2. The minimum absolute atomic E-state index is 0.0571. The van der Waals surface area contributed by atoms with Crippen LogP contribution in [0.1, 0.15) is 24.1 Å². The van der Waals surface area contributed by atoms with Crippen LogP contribution in [0.4, 0.5) is 13.2 Å². The smallest absolute Gasteiger partial charge is 0.194 e. The maximum atomic E-state index is 13.2. The highest BCUT2D eigenvalue weighted by molar-refractivity contribution is 9.10. The molecule has 0 fully saturated rings. The van der Waals surface area contributed by atoms with Crippen LogP contribution in [-0.2, 0) is 6.54 Å². The molecule has 0 aliphatic rings. The van der Waals surface area contributed by atoms with Gasteiger partial charge >= 0.3 is 0 Å². The van der Waals surface area contributed by atoms with Gasteiger partial charge < -0.3 is 10.1 Å². The van der Waals surface area contributed by atoms with Crippen molar-refractivity contribution in [2.45, 2.75) is 19.5 Å². The summed E-state index contributed by atoms with van der Waals surface area (Å²) in [5.74, 6) is -3.09. The number of rotatable bonds is 5. The van der Waals surface area contributed by atoms with Gasteiger partial charge in [-0.2, -0.15) is 0 Å². The Kier molecular flexibility index (Phi) is 5.47. The number of hydrogen-bond acceptors (Lipinski definition) is 2. The van der Waals surface area contributed by atoms with Gasteiger partial charge in [-0.15, -0.1) is 0 Å². The molecule has 1 N–H and O–H groups in total. The molecule has 0 heterocycles. The number of hydrogen-bond donors (Lipinski definition) is 1. The van der Waals surface area contributed by atoms with Gasteiger partial charge in [0, 0.05) is 12.6 Å². The van der Waals surface area contributed by atoms with E-state index in [9.17, 15) is 13.2 Å². The van der Waals surface area contributed by atoms with Crippen molar-refractivity contribution in [1.29, 1.82) is 0 Å². The summed E-state index contributed by atoms with van der Waals surface area (Å²) >= 11 is 3.41. The van der Waals surface area contributed by atoms with E-state index in [0.717, 1.165) is 27.9 Å². The number of benzene rings is 2. The monoisotopic (exact) mass is 373 g/mol. The lowest BCUT2D eigenvalue weighted by Crippen LogP contribution is -2.18. The predicted octanol–water partition coefficient (Wildman–Crippen LogP) is 4.73. The van der Waals surface area contributed by atoms with Crippen LogP contribution in [0.15, 0.2) is 34.8 Å². The Hall–Kier alpha value is -1.53. The topological polar surface area (TPSA) is 21.3 Å². The highest BCUT2D eigenvalue weighted by atomic mass is 79.9. The molecule has 1 atom stereocenters. The van der Waals surface area contributed by atoms with Crippen molar-refractivity contribution in [3.63, 3.8) is 0 Å². The first-order valence-corrected chi connectivity index (χ1v) is 7.42. The quantitative estimate of drug-likeness (QED) is 0.765. The molecule has 22 heavy (non-hydrogen) atoms. The molecule has 0 aliphatic carbocycles. The Morgan fingerprint density at radius 3 is 2.32 bits per heavy atom. The van der Waals surface area contributed by atoms with E-state index in [4.69, 9.17) is 4.74 Å². The molecule has 0 saturated heterocycles. The fraction of sp³-hybridized carbons (Fsp3) is 0.250. The van der Waals surface area contributed by atoms with E-state index >= 15 is 0 Å². The molecule has 0 radical (unpaired) electrons. The third-order valence-corrected chi connectivity index (χ3v) is 3.95. The molecular weight excluding hydrogens is 359 g/mol. The highest BCUT2D eigenvalue weighted by Crippen LogP contribution is 2.28. The van der Waals surface area contributed by atoms with Crippen molar-refractivity contribution < 1.29 is 17.9 Å². The summed E-state index contributed by atoms with van der Waals surface area (Å²) in [5.41, 5.74) is 1.33. The zero-order valence-electron chi connectivity index (χ0n) is 12.1. The van der Waals surface area contributed by atoms with Gasteiger partial charge in [0.05, 0.1) is 11.6 Å². The third kappa shape index (κ3) is 3.81. The molecule has 0 aromatic heterocycles. The summed E-state index contributed by atoms with van der Waals surface area (Å²) in [6.45, 7) is 2.14. The SMILES string of the molecule is COc1ccc(C(C)NCc2cc(F)c(F)c(F)c2)cc1Br. The molecule has 1 unspecified atom stereocenters. The Labute approximate surface area is 135 Å². The summed E-state index contributed by atoms with van der Waals surface area (Å²) in [6.07, 6.45) is 0. The first-order valence-electron chi connectivity index (χ1n) is 6.62. The van der Waals surface area contributed by atoms with Crippen molar-refractivity contribution in [2.24, 2.45) is 0 Å². The standard InChI is InChI=1S/C16H15BrF3NO/c1-9(11-3-4-15(22-2)12(17)7-11)21-8-10-5-13(18)16(20)14(19)6-10/h3-7,9,21H,8H2,1-2H3. The molecule has 0 amide bonds. The Balaban J connectivity index is 2.06. The average Bonchev–Trinajstić information content (AvgIpc) is 2.49. The molecule has 2 rings (SSSR count).